The maximum absolute atomic E-state index is 12.4. The van der Waals surface area contributed by atoms with Gasteiger partial charge in [0.2, 0.25) is 5.91 Å². The Bertz CT molecular complexity index is 542. The number of nitrogens with one attached hydrogen (secondary N) is 1. The van der Waals surface area contributed by atoms with Gasteiger partial charge < -0.3 is 15.1 Å². The summed E-state index contributed by atoms with van der Waals surface area (Å²) >= 11 is 3.42. The monoisotopic (exact) mass is 353 g/mol. The Balaban J connectivity index is 1.98. The van der Waals surface area contributed by atoms with Crippen molar-refractivity contribution in [3.63, 3.8) is 0 Å². The molecule has 0 aromatic heterocycles. The summed E-state index contributed by atoms with van der Waals surface area (Å²) in [6.45, 7) is 5.10. The van der Waals surface area contributed by atoms with E-state index in [1.54, 1.807) is 18.0 Å². The molecule has 21 heavy (non-hydrogen) atoms. The van der Waals surface area contributed by atoms with Gasteiger partial charge in [0.05, 0.1) is 6.54 Å². The highest BCUT2D eigenvalue weighted by Gasteiger charge is 2.20. The first-order valence-corrected chi connectivity index (χ1v) is 7.78. The first-order valence-electron chi connectivity index (χ1n) is 6.99. The summed E-state index contributed by atoms with van der Waals surface area (Å²) in [5, 5.41) is 3.20. The van der Waals surface area contributed by atoms with Crippen molar-refractivity contribution in [1.29, 1.82) is 0 Å². The molecule has 6 heteroatoms. The second-order valence-electron chi connectivity index (χ2n) is 5.26. The number of aryl methyl sites for hydroxylation is 1. The van der Waals surface area contributed by atoms with E-state index in [4.69, 9.17) is 0 Å². The van der Waals surface area contributed by atoms with Gasteiger partial charge in [-0.25, -0.2) is 0 Å². The van der Waals surface area contributed by atoms with E-state index in [9.17, 15) is 9.59 Å². The number of nitrogens with zero attached hydrogens (tertiary/aromatic N) is 2. The Morgan fingerprint density at radius 3 is 2.62 bits per heavy atom. The van der Waals surface area contributed by atoms with Gasteiger partial charge in [0, 0.05) is 43.3 Å². The predicted molar refractivity (Wildman–Crippen MR) is 85.3 cm³/mol. The minimum absolute atomic E-state index is 0.00110. The highest BCUT2D eigenvalue weighted by atomic mass is 79.9. The highest BCUT2D eigenvalue weighted by molar-refractivity contribution is 9.10. The minimum atomic E-state index is -0.130. The van der Waals surface area contributed by atoms with Crippen molar-refractivity contribution in [3.05, 3.63) is 33.8 Å². The molecule has 5 nitrogen and oxygen atoms in total. The van der Waals surface area contributed by atoms with E-state index in [-0.39, 0.29) is 18.4 Å². The third-order valence-corrected chi connectivity index (χ3v) is 4.48. The first kappa shape index (κ1) is 16.0. The number of carbonyl (C=O) groups excluding carboxylic acids is 2. The molecule has 0 radical (unpaired) electrons. The van der Waals surface area contributed by atoms with Crippen molar-refractivity contribution in [2.24, 2.45) is 0 Å². The van der Waals surface area contributed by atoms with Crippen LogP contribution in [0.5, 0.6) is 0 Å². The zero-order valence-electron chi connectivity index (χ0n) is 12.4. The normalized spacial score (nSPS) is 14.9. The van der Waals surface area contributed by atoms with E-state index in [1.807, 2.05) is 19.1 Å². The van der Waals surface area contributed by atoms with Crippen molar-refractivity contribution >= 4 is 27.7 Å². The number of likely N-dealkylation sites (N-methyl/N-ethyl adjacent to an activating group) is 1. The van der Waals surface area contributed by atoms with Crippen molar-refractivity contribution in [2.45, 2.75) is 6.92 Å². The lowest BCUT2D eigenvalue weighted by Crippen LogP contribution is -2.49. The molecule has 0 spiro atoms. The third-order valence-electron chi connectivity index (χ3n) is 3.59. The molecule has 1 aliphatic rings. The van der Waals surface area contributed by atoms with E-state index in [1.165, 1.54) is 4.90 Å². The summed E-state index contributed by atoms with van der Waals surface area (Å²) in [4.78, 5) is 27.8. The fourth-order valence-corrected chi connectivity index (χ4v) is 2.53. The molecule has 1 heterocycles. The lowest BCUT2D eigenvalue weighted by Gasteiger charge is -2.29. The van der Waals surface area contributed by atoms with Crippen LogP contribution in [0.4, 0.5) is 0 Å². The Hall–Kier alpha value is -1.40. The Morgan fingerprint density at radius 1 is 1.33 bits per heavy atom. The molecule has 0 unspecified atom stereocenters. The van der Waals surface area contributed by atoms with Gasteiger partial charge >= 0.3 is 0 Å². The van der Waals surface area contributed by atoms with Crippen LogP contribution in [0.2, 0.25) is 0 Å². The number of hydrogen-bond donors (Lipinski definition) is 1. The van der Waals surface area contributed by atoms with Gasteiger partial charge in [0.15, 0.2) is 0 Å². The maximum atomic E-state index is 12.4. The van der Waals surface area contributed by atoms with Gasteiger partial charge in [-0.3, -0.25) is 9.59 Å². The fourth-order valence-electron chi connectivity index (χ4n) is 2.29. The predicted octanol–water partition coefficient (Wildman–Crippen LogP) is 1.26. The molecule has 2 rings (SSSR count). The van der Waals surface area contributed by atoms with Crippen LogP contribution in [-0.2, 0) is 4.79 Å². The molecule has 0 atom stereocenters. The van der Waals surface area contributed by atoms with Crippen LogP contribution in [0.3, 0.4) is 0 Å². The van der Waals surface area contributed by atoms with Crippen LogP contribution in [0.25, 0.3) is 0 Å². The molecular weight excluding hydrogens is 334 g/mol. The van der Waals surface area contributed by atoms with Crippen molar-refractivity contribution in [2.75, 3.05) is 39.8 Å². The molecule has 1 fully saturated rings. The average Bonchev–Trinajstić information content (AvgIpc) is 2.50. The molecule has 1 aromatic rings. The van der Waals surface area contributed by atoms with Gasteiger partial charge in [-0.1, -0.05) is 15.9 Å². The first-order chi connectivity index (χ1) is 9.99. The SMILES string of the molecule is Cc1cc(C(=O)N(C)CC(=O)N2CCNCC2)ccc1Br. The molecule has 1 saturated heterocycles. The third kappa shape index (κ3) is 4.04. The van der Waals surface area contributed by atoms with E-state index in [0.29, 0.717) is 18.7 Å². The number of piperazine rings is 1. The number of amides is 2. The second kappa shape index (κ2) is 7.04. The standard InChI is InChI=1S/C15H20BrN3O2/c1-11-9-12(3-4-13(11)16)15(21)18(2)10-14(20)19-7-5-17-6-8-19/h3-4,9,17H,5-8,10H2,1-2H3. The molecule has 0 bridgehead atoms. The molecule has 114 valence electrons. The van der Waals surface area contributed by atoms with Crippen LogP contribution >= 0.6 is 15.9 Å². The second-order valence-corrected chi connectivity index (χ2v) is 6.11. The number of halogens is 1. The Kier molecular flexibility index (Phi) is 5.36. The van der Waals surface area contributed by atoms with E-state index in [2.05, 4.69) is 21.2 Å². The van der Waals surface area contributed by atoms with Gasteiger partial charge in [0.25, 0.3) is 5.91 Å². The lowest BCUT2D eigenvalue weighted by atomic mass is 10.1. The van der Waals surface area contributed by atoms with E-state index >= 15 is 0 Å². The van der Waals surface area contributed by atoms with E-state index in [0.717, 1.165) is 23.1 Å². The van der Waals surface area contributed by atoms with Crippen molar-refractivity contribution in [3.8, 4) is 0 Å². The average molecular weight is 354 g/mol. The number of carbonyl (C=O) groups is 2. The van der Waals surface area contributed by atoms with Crippen molar-refractivity contribution < 1.29 is 9.59 Å². The minimum Gasteiger partial charge on any atom is -0.339 e. The number of benzene rings is 1. The Labute approximate surface area is 133 Å². The molecule has 1 N–H and O–H groups in total. The van der Waals surface area contributed by atoms with Gasteiger partial charge in [-0.2, -0.15) is 0 Å². The number of rotatable bonds is 3. The topological polar surface area (TPSA) is 52.7 Å². The Morgan fingerprint density at radius 2 is 2.00 bits per heavy atom. The summed E-state index contributed by atoms with van der Waals surface area (Å²) in [7, 11) is 1.67. The largest absolute Gasteiger partial charge is 0.339 e. The maximum Gasteiger partial charge on any atom is 0.254 e. The quantitative estimate of drug-likeness (QED) is 0.889. The number of hydrogen-bond acceptors (Lipinski definition) is 3. The summed E-state index contributed by atoms with van der Waals surface area (Å²) in [5.74, 6) is -0.129. The summed E-state index contributed by atoms with van der Waals surface area (Å²) in [6, 6.07) is 5.46. The molecule has 0 aliphatic carbocycles. The van der Waals surface area contributed by atoms with Crippen LogP contribution in [0.15, 0.2) is 22.7 Å². The van der Waals surface area contributed by atoms with Crippen LogP contribution in [-0.4, -0.2) is 61.4 Å². The van der Waals surface area contributed by atoms with E-state index < -0.39 is 0 Å². The molecule has 1 aromatic carbocycles. The molecule has 0 saturated carbocycles. The molecule has 1 aliphatic heterocycles. The summed E-state index contributed by atoms with van der Waals surface area (Å²) < 4.78 is 0.971. The smallest absolute Gasteiger partial charge is 0.254 e. The van der Waals surface area contributed by atoms with Crippen LogP contribution < -0.4 is 5.32 Å². The lowest BCUT2D eigenvalue weighted by molar-refractivity contribution is -0.132. The summed E-state index contributed by atoms with van der Waals surface area (Å²) in [5.41, 5.74) is 1.61. The summed E-state index contributed by atoms with van der Waals surface area (Å²) in [6.07, 6.45) is 0. The molecular formula is C15H20BrN3O2. The van der Waals surface area contributed by atoms with Crippen LogP contribution in [0, 0.1) is 6.92 Å². The molecule has 2 amide bonds. The van der Waals surface area contributed by atoms with Gasteiger partial charge in [-0.15, -0.1) is 0 Å². The van der Waals surface area contributed by atoms with Gasteiger partial charge in [-0.05, 0) is 30.7 Å². The fraction of sp³-hybridized carbons (Fsp3) is 0.467. The van der Waals surface area contributed by atoms with Crippen molar-refractivity contribution in [1.82, 2.24) is 15.1 Å². The van der Waals surface area contributed by atoms with Gasteiger partial charge in [0.1, 0.15) is 0 Å². The highest BCUT2D eigenvalue weighted by Crippen LogP contribution is 2.18. The van der Waals surface area contributed by atoms with Crippen LogP contribution in [0.1, 0.15) is 15.9 Å². The zero-order chi connectivity index (χ0) is 15.4. The zero-order valence-corrected chi connectivity index (χ0v) is 13.9.